The van der Waals surface area contributed by atoms with Gasteiger partial charge in [0.25, 0.3) is 0 Å². The van der Waals surface area contributed by atoms with Gasteiger partial charge in [-0.15, -0.1) is 0 Å². The van der Waals surface area contributed by atoms with Crippen LogP contribution in [0.25, 0.3) is 0 Å². The number of hydrogen-bond donors (Lipinski definition) is 2. The summed E-state index contributed by atoms with van der Waals surface area (Å²) in [5, 5.41) is 3.00. The molecule has 0 atom stereocenters. The molecule has 0 aliphatic rings. The van der Waals surface area contributed by atoms with Gasteiger partial charge in [0.15, 0.2) is 0 Å². The van der Waals surface area contributed by atoms with Crippen molar-refractivity contribution in [3.63, 3.8) is 0 Å². The van der Waals surface area contributed by atoms with E-state index in [-0.39, 0.29) is 5.91 Å². The van der Waals surface area contributed by atoms with Gasteiger partial charge in [-0.2, -0.15) is 0 Å². The Morgan fingerprint density at radius 2 is 1.70 bits per heavy atom. The fourth-order valence-electron chi connectivity index (χ4n) is 2.12. The van der Waals surface area contributed by atoms with E-state index in [0.29, 0.717) is 6.42 Å². The van der Waals surface area contributed by atoms with Crippen LogP contribution in [0, 0.1) is 0 Å². The van der Waals surface area contributed by atoms with E-state index in [1.165, 1.54) is 37.0 Å². The minimum absolute atomic E-state index is 0.227. The Hall–Kier alpha value is -0.830. The van der Waals surface area contributed by atoms with Crippen molar-refractivity contribution in [3.05, 3.63) is 12.2 Å². The number of allylic oxidation sites excluding steroid dienone is 2. The lowest BCUT2D eigenvalue weighted by Crippen LogP contribution is -3.05. The van der Waals surface area contributed by atoms with Gasteiger partial charge in [0.05, 0.1) is 20.6 Å². The normalized spacial score (nSPS) is 11.4. The van der Waals surface area contributed by atoms with Crippen LogP contribution in [0.2, 0.25) is 0 Å². The first kappa shape index (κ1) is 19.2. The first-order valence-corrected chi connectivity index (χ1v) is 8.37. The van der Waals surface area contributed by atoms with Crippen LogP contribution in [0.4, 0.5) is 0 Å². The third-order valence-corrected chi connectivity index (χ3v) is 3.35. The largest absolute Gasteiger partial charge is 0.356 e. The van der Waals surface area contributed by atoms with Crippen LogP contribution >= 0.6 is 0 Å². The van der Waals surface area contributed by atoms with Gasteiger partial charge in [-0.1, -0.05) is 38.3 Å². The van der Waals surface area contributed by atoms with E-state index in [1.807, 2.05) is 0 Å². The Kier molecular flexibility index (Phi) is 14.0. The van der Waals surface area contributed by atoms with Crippen LogP contribution in [-0.4, -0.2) is 33.1 Å². The molecule has 3 heteroatoms. The predicted molar refractivity (Wildman–Crippen MR) is 87.1 cm³/mol. The van der Waals surface area contributed by atoms with E-state index in [2.05, 4.69) is 38.5 Å². The minimum Gasteiger partial charge on any atom is -0.356 e. The summed E-state index contributed by atoms with van der Waals surface area (Å²) in [5.41, 5.74) is 0. The monoisotopic (exact) mass is 283 g/mol. The van der Waals surface area contributed by atoms with Crippen molar-refractivity contribution in [1.29, 1.82) is 0 Å². The van der Waals surface area contributed by atoms with E-state index in [4.69, 9.17) is 0 Å². The third kappa shape index (κ3) is 15.2. The third-order valence-electron chi connectivity index (χ3n) is 3.35. The number of rotatable bonds is 13. The maximum atomic E-state index is 11.6. The maximum Gasteiger partial charge on any atom is 0.219 e. The fourth-order valence-corrected chi connectivity index (χ4v) is 2.12. The Labute approximate surface area is 125 Å². The molecule has 0 aromatic heterocycles. The minimum atomic E-state index is 0.227. The van der Waals surface area contributed by atoms with E-state index in [1.54, 1.807) is 0 Å². The second-order valence-electron chi connectivity index (χ2n) is 5.85. The van der Waals surface area contributed by atoms with Crippen LogP contribution < -0.4 is 10.2 Å². The lowest BCUT2D eigenvalue weighted by molar-refractivity contribution is -0.858. The SMILES string of the molecule is CC/C=C/CCCCCCCC(=O)NCCC[NH+](C)C. The van der Waals surface area contributed by atoms with Crippen molar-refractivity contribution >= 4 is 5.91 Å². The highest BCUT2D eigenvalue weighted by Gasteiger charge is 2.01. The van der Waals surface area contributed by atoms with Crippen LogP contribution in [0.15, 0.2) is 12.2 Å². The summed E-state index contributed by atoms with van der Waals surface area (Å²) in [6, 6.07) is 0. The zero-order chi connectivity index (χ0) is 15.1. The second-order valence-corrected chi connectivity index (χ2v) is 5.85. The Morgan fingerprint density at radius 3 is 2.40 bits per heavy atom. The molecule has 0 aromatic carbocycles. The number of carbonyl (C=O) groups is 1. The van der Waals surface area contributed by atoms with E-state index >= 15 is 0 Å². The summed E-state index contributed by atoms with van der Waals surface area (Å²) < 4.78 is 0. The summed E-state index contributed by atoms with van der Waals surface area (Å²) in [4.78, 5) is 13.0. The van der Waals surface area contributed by atoms with Gasteiger partial charge in [-0.3, -0.25) is 4.79 Å². The molecule has 0 fully saturated rings. The van der Waals surface area contributed by atoms with Crippen molar-refractivity contribution in [2.24, 2.45) is 0 Å². The molecule has 0 bridgehead atoms. The summed E-state index contributed by atoms with van der Waals surface area (Å²) in [5.74, 6) is 0.227. The molecule has 0 aliphatic heterocycles. The molecule has 118 valence electrons. The Morgan fingerprint density at radius 1 is 1.00 bits per heavy atom. The number of unbranched alkanes of at least 4 members (excludes halogenated alkanes) is 5. The molecular weight excluding hydrogens is 248 g/mol. The van der Waals surface area contributed by atoms with Crippen molar-refractivity contribution in [3.8, 4) is 0 Å². The molecule has 2 N–H and O–H groups in total. The second kappa shape index (κ2) is 14.6. The van der Waals surface area contributed by atoms with Gasteiger partial charge in [0, 0.05) is 19.4 Å². The molecule has 0 unspecified atom stereocenters. The fraction of sp³-hybridized carbons (Fsp3) is 0.824. The molecule has 0 heterocycles. The number of hydrogen-bond acceptors (Lipinski definition) is 1. The van der Waals surface area contributed by atoms with Crippen molar-refractivity contribution < 1.29 is 9.69 Å². The van der Waals surface area contributed by atoms with E-state index in [0.717, 1.165) is 32.4 Å². The number of nitrogens with one attached hydrogen (secondary N) is 2. The quantitative estimate of drug-likeness (QED) is 0.395. The van der Waals surface area contributed by atoms with Gasteiger partial charge in [0.1, 0.15) is 0 Å². The van der Waals surface area contributed by atoms with Crippen LogP contribution in [-0.2, 0) is 4.79 Å². The maximum absolute atomic E-state index is 11.6. The molecule has 0 aliphatic carbocycles. The summed E-state index contributed by atoms with van der Waals surface area (Å²) in [6.07, 6.45) is 14.7. The zero-order valence-electron chi connectivity index (χ0n) is 13.8. The highest BCUT2D eigenvalue weighted by atomic mass is 16.1. The molecule has 0 saturated carbocycles. The molecule has 1 amide bonds. The number of carbonyl (C=O) groups excluding carboxylic acids is 1. The summed E-state index contributed by atoms with van der Waals surface area (Å²) in [7, 11) is 4.28. The standard InChI is InChI=1S/C17H34N2O/c1-4-5-6-7-8-9-10-11-12-14-17(20)18-15-13-16-19(2)3/h5-6H,4,7-16H2,1-3H3,(H,18,20)/p+1/b6-5+. The van der Waals surface area contributed by atoms with Gasteiger partial charge in [0.2, 0.25) is 5.91 Å². The van der Waals surface area contributed by atoms with E-state index < -0.39 is 0 Å². The predicted octanol–water partition coefficient (Wildman–Crippen LogP) is 2.33. The molecule has 3 nitrogen and oxygen atoms in total. The highest BCUT2D eigenvalue weighted by Crippen LogP contribution is 2.07. The van der Waals surface area contributed by atoms with Gasteiger partial charge in [-0.25, -0.2) is 0 Å². The Bertz CT molecular complexity index is 249. The van der Waals surface area contributed by atoms with Crippen molar-refractivity contribution in [2.75, 3.05) is 27.2 Å². The van der Waals surface area contributed by atoms with E-state index in [9.17, 15) is 4.79 Å². The smallest absolute Gasteiger partial charge is 0.219 e. The van der Waals surface area contributed by atoms with Crippen molar-refractivity contribution in [1.82, 2.24) is 5.32 Å². The molecule has 0 rings (SSSR count). The number of amides is 1. The summed E-state index contributed by atoms with van der Waals surface area (Å²) >= 11 is 0. The average Bonchev–Trinajstić information content (AvgIpc) is 2.41. The Balaban J connectivity index is 3.21. The number of quaternary nitrogens is 1. The molecule has 0 aromatic rings. The first-order valence-electron chi connectivity index (χ1n) is 8.37. The van der Waals surface area contributed by atoms with Gasteiger partial charge in [-0.05, 0) is 25.7 Å². The molecule has 0 radical (unpaired) electrons. The molecule has 20 heavy (non-hydrogen) atoms. The molecule has 0 spiro atoms. The molecular formula is C17H35N2O+. The average molecular weight is 283 g/mol. The van der Waals surface area contributed by atoms with Crippen LogP contribution in [0.5, 0.6) is 0 Å². The van der Waals surface area contributed by atoms with Gasteiger partial charge >= 0.3 is 0 Å². The lowest BCUT2D eigenvalue weighted by Gasteiger charge is -2.08. The van der Waals surface area contributed by atoms with Gasteiger partial charge < -0.3 is 10.2 Å². The van der Waals surface area contributed by atoms with Crippen LogP contribution in [0.1, 0.15) is 64.7 Å². The summed E-state index contributed by atoms with van der Waals surface area (Å²) in [6.45, 7) is 4.11. The zero-order valence-corrected chi connectivity index (χ0v) is 13.8. The van der Waals surface area contributed by atoms with Crippen molar-refractivity contribution in [2.45, 2.75) is 64.7 Å². The molecule has 0 saturated heterocycles. The highest BCUT2D eigenvalue weighted by molar-refractivity contribution is 5.75. The topological polar surface area (TPSA) is 33.5 Å². The lowest BCUT2D eigenvalue weighted by atomic mass is 10.1. The first-order chi connectivity index (χ1) is 9.66. The van der Waals surface area contributed by atoms with Crippen LogP contribution in [0.3, 0.4) is 0 Å².